The number of carboxylic acids is 1. The maximum absolute atomic E-state index is 12.1. The molecule has 2 aromatic heterocycles. The quantitative estimate of drug-likeness (QED) is 0.754. The minimum absolute atomic E-state index is 0.139. The van der Waals surface area contributed by atoms with Gasteiger partial charge in [0.15, 0.2) is 10.8 Å². The maximum atomic E-state index is 12.1. The Morgan fingerprint density at radius 2 is 2.18 bits per heavy atom. The molecule has 22 heavy (non-hydrogen) atoms. The number of carboxylic acid groups (broad SMARTS) is 1. The lowest BCUT2D eigenvalue weighted by atomic mass is 10.3. The van der Waals surface area contributed by atoms with E-state index in [1.165, 1.54) is 11.3 Å². The molecule has 2 heterocycles. The Morgan fingerprint density at radius 3 is 2.82 bits per heavy atom. The fourth-order valence-electron chi connectivity index (χ4n) is 1.74. The van der Waals surface area contributed by atoms with Gasteiger partial charge in [-0.1, -0.05) is 0 Å². The van der Waals surface area contributed by atoms with Crippen molar-refractivity contribution in [3.63, 3.8) is 0 Å². The molecule has 0 unspecified atom stereocenters. The highest BCUT2D eigenvalue weighted by Crippen LogP contribution is 2.29. The molecule has 0 saturated heterocycles. The summed E-state index contributed by atoms with van der Waals surface area (Å²) >= 11 is 1.25. The monoisotopic (exact) mass is 324 g/mol. The fraction of sp³-hybridized carbons (Fsp3) is 0.357. The molecule has 0 saturated carbocycles. The molecule has 0 radical (unpaired) electrons. The zero-order valence-electron chi connectivity index (χ0n) is 12.2. The van der Waals surface area contributed by atoms with Gasteiger partial charge in [-0.2, -0.15) is 0 Å². The van der Waals surface area contributed by atoms with E-state index in [0.29, 0.717) is 21.3 Å². The Labute approximate surface area is 130 Å². The standard InChI is InChI=1S/C14H16N2O5S/c1-8-3-4-10(21-8)14-16-9(2)12(22-14)13(19)15-5-6-20-7-11(17)18/h3-4H,5-7H2,1-2H3,(H,15,19)(H,17,18). The number of carbonyl (C=O) groups excluding carboxylic acids is 1. The summed E-state index contributed by atoms with van der Waals surface area (Å²) in [6, 6.07) is 3.65. The van der Waals surface area contributed by atoms with Crippen LogP contribution in [0.1, 0.15) is 21.1 Å². The average Bonchev–Trinajstić information content (AvgIpc) is 3.04. The van der Waals surface area contributed by atoms with Gasteiger partial charge in [-0.3, -0.25) is 4.79 Å². The Bertz CT molecular complexity index is 677. The van der Waals surface area contributed by atoms with Crippen LogP contribution in [0.5, 0.6) is 0 Å². The van der Waals surface area contributed by atoms with Gasteiger partial charge in [0.25, 0.3) is 5.91 Å². The summed E-state index contributed by atoms with van der Waals surface area (Å²) in [7, 11) is 0. The number of nitrogens with zero attached hydrogens (tertiary/aromatic N) is 1. The highest BCUT2D eigenvalue weighted by molar-refractivity contribution is 7.17. The van der Waals surface area contributed by atoms with E-state index in [1.807, 2.05) is 19.1 Å². The molecule has 0 atom stereocenters. The van der Waals surface area contributed by atoms with E-state index in [0.717, 1.165) is 5.76 Å². The van der Waals surface area contributed by atoms with Gasteiger partial charge in [-0.05, 0) is 26.0 Å². The fourth-order valence-corrected chi connectivity index (χ4v) is 2.68. The van der Waals surface area contributed by atoms with Crippen molar-refractivity contribution in [2.24, 2.45) is 0 Å². The van der Waals surface area contributed by atoms with Gasteiger partial charge in [0.2, 0.25) is 0 Å². The lowest BCUT2D eigenvalue weighted by molar-refractivity contribution is -0.142. The molecule has 0 fully saturated rings. The van der Waals surface area contributed by atoms with Crippen molar-refractivity contribution in [2.75, 3.05) is 19.8 Å². The second kappa shape index (κ2) is 7.19. The second-order valence-corrected chi connectivity index (χ2v) is 5.55. The number of hydrogen-bond acceptors (Lipinski definition) is 6. The molecule has 0 spiro atoms. The first-order chi connectivity index (χ1) is 10.5. The van der Waals surface area contributed by atoms with Crippen LogP contribution < -0.4 is 5.32 Å². The molecule has 2 rings (SSSR count). The number of aryl methyl sites for hydroxylation is 2. The van der Waals surface area contributed by atoms with Crippen LogP contribution in [0.15, 0.2) is 16.5 Å². The highest BCUT2D eigenvalue weighted by Gasteiger charge is 2.17. The second-order valence-electron chi connectivity index (χ2n) is 4.55. The molecular formula is C14H16N2O5S. The summed E-state index contributed by atoms with van der Waals surface area (Å²) in [5.41, 5.74) is 0.623. The van der Waals surface area contributed by atoms with Gasteiger partial charge in [0.1, 0.15) is 17.2 Å². The van der Waals surface area contributed by atoms with Gasteiger partial charge in [0.05, 0.1) is 12.3 Å². The number of ether oxygens (including phenoxy) is 1. The maximum Gasteiger partial charge on any atom is 0.329 e. The molecular weight excluding hydrogens is 308 g/mol. The van der Waals surface area contributed by atoms with Crippen molar-refractivity contribution < 1.29 is 23.8 Å². The van der Waals surface area contributed by atoms with Crippen LogP contribution in [0.25, 0.3) is 10.8 Å². The number of aliphatic carboxylic acids is 1. The summed E-state index contributed by atoms with van der Waals surface area (Å²) in [6.07, 6.45) is 0. The third-order valence-electron chi connectivity index (χ3n) is 2.71. The molecule has 2 aromatic rings. The summed E-state index contributed by atoms with van der Waals surface area (Å²) in [4.78, 5) is 27.2. The number of nitrogens with one attached hydrogen (secondary N) is 1. The number of amides is 1. The average molecular weight is 324 g/mol. The largest absolute Gasteiger partial charge is 0.480 e. The number of rotatable bonds is 7. The van der Waals surface area contributed by atoms with Crippen LogP contribution in [-0.2, 0) is 9.53 Å². The molecule has 1 amide bonds. The summed E-state index contributed by atoms with van der Waals surface area (Å²) in [6.45, 7) is 3.59. The molecule has 0 aromatic carbocycles. The first-order valence-electron chi connectivity index (χ1n) is 6.59. The van der Waals surface area contributed by atoms with Crippen molar-refractivity contribution in [1.82, 2.24) is 10.3 Å². The SMILES string of the molecule is Cc1ccc(-c2nc(C)c(C(=O)NCCOCC(=O)O)s2)o1. The number of hydrogen-bond donors (Lipinski definition) is 2. The van der Waals surface area contributed by atoms with E-state index in [1.54, 1.807) is 6.92 Å². The van der Waals surface area contributed by atoms with Crippen LogP contribution >= 0.6 is 11.3 Å². The van der Waals surface area contributed by atoms with Crippen molar-refractivity contribution >= 4 is 23.2 Å². The molecule has 2 N–H and O–H groups in total. The van der Waals surface area contributed by atoms with E-state index in [9.17, 15) is 9.59 Å². The number of aromatic nitrogens is 1. The normalized spacial score (nSPS) is 10.6. The lowest BCUT2D eigenvalue weighted by Gasteiger charge is -2.03. The Morgan fingerprint density at radius 1 is 1.41 bits per heavy atom. The van der Waals surface area contributed by atoms with Gasteiger partial charge in [0, 0.05) is 6.54 Å². The first kappa shape index (κ1) is 16.2. The molecule has 0 bridgehead atoms. The van der Waals surface area contributed by atoms with Crippen LogP contribution in [0.3, 0.4) is 0 Å². The molecule has 0 aliphatic heterocycles. The summed E-state index contributed by atoms with van der Waals surface area (Å²) in [5, 5.41) is 11.7. The molecule has 118 valence electrons. The minimum Gasteiger partial charge on any atom is -0.480 e. The molecule has 8 heteroatoms. The molecule has 0 aliphatic carbocycles. The summed E-state index contributed by atoms with van der Waals surface area (Å²) in [5.74, 6) is 0.116. The van der Waals surface area contributed by atoms with Crippen molar-refractivity contribution in [3.8, 4) is 10.8 Å². The van der Waals surface area contributed by atoms with Gasteiger partial charge < -0.3 is 19.6 Å². The van der Waals surface area contributed by atoms with Gasteiger partial charge in [-0.15, -0.1) is 11.3 Å². The van der Waals surface area contributed by atoms with Crippen LogP contribution in [0, 0.1) is 13.8 Å². The highest BCUT2D eigenvalue weighted by atomic mass is 32.1. The predicted octanol–water partition coefficient (Wildman–Crippen LogP) is 1.85. The van der Waals surface area contributed by atoms with Crippen molar-refractivity contribution in [3.05, 3.63) is 28.5 Å². The van der Waals surface area contributed by atoms with E-state index in [2.05, 4.69) is 10.3 Å². The molecule has 0 aliphatic rings. The van der Waals surface area contributed by atoms with Crippen molar-refractivity contribution in [2.45, 2.75) is 13.8 Å². The van der Waals surface area contributed by atoms with Gasteiger partial charge in [-0.25, -0.2) is 9.78 Å². The van der Waals surface area contributed by atoms with Crippen LogP contribution in [-0.4, -0.2) is 41.7 Å². The minimum atomic E-state index is -1.04. The van der Waals surface area contributed by atoms with E-state index in [4.69, 9.17) is 14.3 Å². The Balaban J connectivity index is 1.93. The number of furan rings is 1. The lowest BCUT2D eigenvalue weighted by Crippen LogP contribution is -2.27. The third kappa shape index (κ3) is 4.15. The van der Waals surface area contributed by atoms with E-state index < -0.39 is 5.97 Å². The molecule has 7 nitrogen and oxygen atoms in total. The van der Waals surface area contributed by atoms with Crippen LogP contribution in [0.4, 0.5) is 0 Å². The van der Waals surface area contributed by atoms with Crippen molar-refractivity contribution in [1.29, 1.82) is 0 Å². The third-order valence-corrected chi connectivity index (χ3v) is 3.88. The predicted molar refractivity (Wildman–Crippen MR) is 80.1 cm³/mol. The number of carbonyl (C=O) groups is 2. The Hall–Kier alpha value is -2.19. The Kier molecular flexibility index (Phi) is 5.29. The zero-order valence-corrected chi connectivity index (χ0v) is 13.0. The topological polar surface area (TPSA) is 102 Å². The smallest absolute Gasteiger partial charge is 0.329 e. The van der Waals surface area contributed by atoms with Crippen LogP contribution in [0.2, 0.25) is 0 Å². The van der Waals surface area contributed by atoms with E-state index >= 15 is 0 Å². The first-order valence-corrected chi connectivity index (χ1v) is 7.41. The zero-order chi connectivity index (χ0) is 16.1. The summed E-state index contributed by atoms with van der Waals surface area (Å²) < 4.78 is 10.3. The van der Waals surface area contributed by atoms with Gasteiger partial charge >= 0.3 is 5.97 Å². The number of thiazole rings is 1. The van der Waals surface area contributed by atoms with E-state index in [-0.39, 0.29) is 25.7 Å².